The van der Waals surface area contributed by atoms with Crippen LogP contribution in [0.2, 0.25) is 0 Å². The number of H-pyrrole nitrogens is 1. The lowest BCUT2D eigenvalue weighted by molar-refractivity contribution is 0.523. The number of para-hydroxylation sites is 2. The van der Waals surface area contributed by atoms with E-state index in [1.165, 1.54) is 23.2 Å². The van der Waals surface area contributed by atoms with Crippen molar-refractivity contribution in [2.45, 2.75) is 38.5 Å². The SMILES string of the molecule is CC1CCN2CCC(C)c3c2c1cc1cc(-c2nc4ccccc4[nH]2)c(=O)oc31. The predicted molar refractivity (Wildman–Crippen MR) is 116 cm³/mol. The van der Waals surface area contributed by atoms with Crippen LogP contribution in [0.25, 0.3) is 33.4 Å². The fraction of sp³-hybridized carbons (Fsp3) is 0.333. The van der Waals surface area contributed by atoms with E-state index in [1.807, 2.05) is 30.3 Å². The highest BCUT2D eigenvalue weighted by Crippen LogP contribution is 2.47. The van der Waals surface area contributed by atoms with Gasteiger partial charge in [0.2, 0.25) is 0 Å². The van der Waals surface area contributed by atoms with Gasteiger partial charge in [0.25, 0.3) is 0 Å². The summed E-state index contributed by atoms with van der Waals surface area (Å²) in [6.45, 7) is 6.72. The number of fused-ring (bicyclic) bond motifs is 3. The number of benzene rings is 2. The van der Waals surface area contributed by atoms with Gasteiger partial charge in [-0.1, -0.05) is 26.0 Å². The summed E-state index contributed by atoms with van der Waals surface area (Å²) in [4.78, 5) is 23.3. The summed E-state index contributed by atoms with van der Waals surface area (Å²) < 4.78 is 5.98. The Kier molecular flexibility index (Phi) is 3.46. The summed E-state index contributed by atoms with van der Waals surface area (Å²) in [6, 6.07) is 12.0. The molecule has 29 heavy (non-hydrogen) atoms. The van der Waals surface area contributed by atoms with Gasteiger partial charge in [-0.3, -0.25) is 0 Å². The number of hydrogen-bond donors (Lipinski definition) is 1. The van der Waals surface area contributed by atoms with Crippen molar-refractivity contribution in [3.63, 3.8) is 0 Å². The van der Waals surface area contributed by atoms with Crippen LogP contribution < -0.4 is 10.5 Å². The van der Waals surface area contributed by atoms with Gasteiger partial charge in [-0.25, -0.2) is 9.78 Å². The molecular weight excluding hydrogens is 362 g/mol. The van der Waals surface area contributed by atoms with Gasteiger partial charge in [0.05, 0.1) is 11.0 Å². The number of rotatable bonds is 1. The fourth-order valence-corrected chi connectivity index (χ4v) is 5.07. The molecule has 0 amide bonds. The van der Waals surface area contributed by atoms with Gasteiger partial charge in [-0.15, -0.1) is 0 Å². The van der Waals surface area contributed by atoms with Crippen LogP contribution in [0.15, 0.2) is 45.6 Å². The Morgan fingerprint density at radius 1 is 1.10 bits per heavy atom. The molecule has 5 heteroatoms. The van der Waals surface area contributed by atoms with Crippen LogP contribution >= 0.6 is 0 Å². The zero-order valence-electron chi connectivity index (χ0n) is 16.7. The van der Waals surface area contributed by atoms with Crippen LogP contribution in [0.4, 0.5) is 5.69 Å². The third kappa shape index (κ3) is 2.40. The minimum atomic E-state index is -0.332. The van der Waals surface area contributed by atoms with Crippen LogP contribution in [0.3, 0.4) is 0 Å². The lowest BCUT2D eigenvalue weighted by Crippen LogP contribution is -2.36. The summed E-state index contributed by atoms with van der Waals surface area (Å²) in [5, 5.41) is 0.997. The lowest BCUT2D eigenvalue weighted by atomic mass is 9.81. The lowest BCUT2D eigenvalue weighted by Gasteiger charge is -2.41. The third-order valence-corrected chi connectivity index (χ3v) is 6.71. The quantitative estimate of drug-likeness (QED) is 0.460. The molecule has 2 aromatic carbocycles. The Hall–Kier alpha value is -3.08. The molecule has 5 nitrogen and oxygen atoms in total. The largest absolute Gasteiger partial charge is 0.422 e. The molecule has 2 unspecified atom stereocenters. The number of aromatic nitrogens is 2. The van der Waals surface area contributed by atoms with Gasteiger partial charge < -0.3 is 14.3 Å². The molecule has 2 aliphatic heterocycles. The first-order chi connectivity index (χ1) is 14.1. The third-order valence-electron chi connectivity index (χ3n) is 6.71. The normalized spacial score (nSPS) is 21.0. The molecule has 0 spiro atoms. The molecular formula is C24H23N3O2. The number of hydrogen-bond acceptors (Lipinski definition) is 4. The van der Waals surface area contributed by atoms with Gasteiger partial charge in [-0.2, -0.15) is 0 Å². The van der Waals surface area contributed by atoms with E-state index in [2.05, 4.69) is 34.8 Å². The first kappa shape index (κ1) is 16.8. The number of nitrogens with one attached hydrogen (secondary N) is 1. The predicted octanol–water partition coefficient (Wildman–Crippen LogP) is 5.16. The van der Waals surface area contributed by atoms with E-state index in [4.69, 9.17) is 4.42 Å². The Labute approximate surface area is 168 Å². The molecule has 2 aromatic heterocycles. The van der Waals surface area contributed by atoms with Crippen molar-refractivity contribution in [2.24, 2.45) is 0 Å². The van der Waals surface area contributed by atoms with Gasteiger partial charge >= 0.3 is 5.63 Å². The van der Waals surface area contributed by atoms with Crippen LogP contribution in [0.1, 0.15) is 49.7 Å². The minimum absolute atomic E-state index is 0.332. The van der Waals surface area contributed by atoms with Crippen molar-refractivity contribution in [3.8, 4) is 11.4 Å². The second-order valence-corrected chi connectivity index (χ2v) is 8.56. The van der Waals surface area contributed by atoms with E-state index in [0.717, 1.165) is 41.5 Å². The maximum Gasteiger partial charge on any atom is 0.347 e. The summed E-state index contributed by atoms with van der Waals surface area (Å²) in [7, 11) is 0. The summed E-state index contributed by atoms with van der Waals surface area (Å²) in [6.07, 6.45) is 2.26. The van der Waals surface area contributed by atoms with Gasteiger partial charge in [0, 0.05) is 29.7 Å². The Balaban J connectivity index is 1.64. The minimum Gasteiger partial charge on any atom is -0.422 e. The molecule has 4 aromatic rings. The summed E-state index contributed by atoms with van der Waals surface area (Å²) in [5.41, 5.74) is 6.58. The number of aromatic amines is 1. The van der Waals surface area contributed by atoms with Crippen LogP contribution in [0.5, 0.6) is 0 Å². The molecule has 146 valence electrons. The molecule has 2 atom stereocenters. The van der Waals surface area contributed by atoms with Crippen molar-refractivity contribution in [3.05, 3.63) is 57.9 Å². The van der Waals surface area contributed by atoms with Crippen molar-refractivity contribution in [2.75, 3.05) is 18.0 Å². The molecule has 0 radical (unpaired) electrons. The molecule has 0 bridgehead atoms. The van der Waals surface area contributed by atoms with E-state index in [0.29, 0.717) is 23.2 Å². The second kappa shape index (κ2) is 5.96. The molecule has 0 fully saturated rings. The van der Waals surface area contributed by atoms with E-state index in [1.54, 1.807) is 0 Å². The maximum atomic E-state index is 13.0. The average Bonchev–Trinajstić information content (AvgIpc) is 3.15. The van der Waals surface area contributed by atoms with Gasteiger partial charge in [0.15, 0.2) is 0 Å². The van der Waals surface area contributed by atoms with Crippen LogP contribution in [0, 0.1) is 0 Å². The highest BCUT2D eigenvalue weighted by Gasteiger charge is 2.33. The van der Waals surface area contributed by atoms with Crippen molar-refractivity contribution < 1.29 is 4.42 Å². The van der Waals surface area contributed by atoms with Gasteiger partial charge in [-0.05, 0) is 54.5 Å². The highest BCUT2D eigenvalue weighted by molar-refractivity contribution is 5.91. The van der Waals surface area contributed by atoms with E-state index < -0.39 is 0 Å². The molecule has 0 aliphatic carbocycles. The van der Waals surface area contributed by atoms with E-state index >= 15 is 0 Å². The van der Waals surface area contributed by atoms with E-state index in [9.17, 15) is 4.79 Å². The number of anilines is 1. The van der Waals surface area contributed by atoms with E-state index in [-0.39, 0.29) is 5.63 Å². The fourth-order valence-electron chi connectivity index (χ4n) is 5.07. The van der Waals surface area contributed by atoms with Crippen molar-refractivity contribution in [1.82, 2.24) is 9.97 Å². The Morgan fingerprint density at radius 2 is 1.90 bits per heavy atom. The topological polar surface area (TPSA) is 62.1 Å². The summed E-state index contributed by atoms with van der Waals surface area (Å²) >= 11 is 0. The molecule has 0 saturated carbocycles. The number of imidazole rings is 1. The zero-order chi connectivity index (χ0) is 19.7. The first-order valence-electron chi connectivity index (χ1n) is 10.4. The Morgan fingerprint density at radius 3 is 2.72 bits per heavy atom. The average molecular weight is 385 g/mol. The van der Waals surface area contributed by atoms with Gasteiger partial charge in [0.1, 0.15) is 17.0 Å². The molecule has 1 N–H and O–H groups in total. The second-order valence-electron chi connectivity index (χ2n) is 8.56. The molecule has 6 rings (SSSR count). The monoisotopic (exact) mass is 385 g/mol. The smallest absolute Gasteiger partial charge is 0.347 e. The van der Waals surface area contributed by atoms with Crippen LogP contribution in [-0.2, 0) is 0 Å². The van der Waals surface area contributed by atoms with Crippen LogP contribution in [-0.4, -0.2) is 23.1 Å². The van der Waals surface area contributed by atoms with Crippen molar-refractivity contribution in [1.29, 1.82) is 0 Å². The highest BCUT2D eigenvalue weighted by atomic mass is 16.4. The maximum absolute atomic E-state index is 13.0. The molecule has 0 saturated heterocycles. The zero-order valence-corrected chi connectivity index (χ0v) is 16.7. The standard InChI is InChI=1S/C24H23N3O2/c1-13-7-9-27-10-8-14(2)20-21(27)16(13)11-15-12-17(24(28)29-22(15)20)23-25-18-5-3-4-6-19(18)26-23/h3-6,11-14H,7-10H2,1-2H3,(H,25,26). The Bertz CT molecular complexity index is 1300. The summed E-state index contributed by atoms with van der Waals surface area (Å²) in [5.74, 6) is 1.46. The molecule has 2 aliphatic rings. The molecule has 4 heterocycles. The first-order valence-corrected chi connectivity index (χ1v) is 10.4. The number of nitrogens with zero attached hydrogens (tertiary/aromatic N) is 2. The van der Waals surface area contributed by atoms with Crippen molar-refractivity contribution >= 4 is 27.7 Å².